The van der Waals surface area contributed by atoms with E-state index in [0.717, 1.165) is 5.56 Å². The maximum Gasteiger partial charge on any atom is 0.238 e. The lowest BCUT2D eigenvalue weighted by molar-refractivity contribution is 0.0704. The van der Waals surface area contributed by atoms with Crippen LogP contribution in [0.3, 0.4) is 0 Å². The van der Waals surface area contributed by atoms with Crippen LogP contribution in [-0.4, -0.2) is 58.7 Å². The van der Waals surface area contributed by atoms with Gasteiger partial charge in [-0.2, -0.15) is 0 Å². The van der Waals surface area contributed by atoms with Crippen molar-refractivity contribution in [1.29, 1.82) is 0 Å². The van der Waals surface area contributed by atoms with Crippen LogP contribution in [0.15, 0.2) is 36.7 Å². The number of benzene rings is 1. The van der Waals surface area contributed by atoms with Crippen LogP contribution in [0.1, 0.15) is 44.5 Å². The predicted molar refractivity (Wildman–Crippen MR) is 129 cm³/mol. The van der Waals surface area contributed by atoms with Crippen LogP contribution >= 0.6 is 11.6 Å². The molecule has 34 heavy (non-hydrogen) atoms. The summed E-state index contributed by atoms with van der Waals surface area (Å²) in [6.45, 7) is 4.53. The van der Waals surface area contributed by atoms with Crippen molar-refractivity contribution in [2.45, 2.75) is 43.9 Å². The average molecular weight is 507 g/mol. The largest absolute Gasteiger partial charge is 0.497 e. The van der Waals surface area contributed by atoms with E-state index >= 15 is 0 Å². The van der Waals surface area contributed by atoms with Crippen molar-refractivity contribution < 1.29 is 17.9 Å². The number of halogens is 1. The molecule has 1 aliphatic heterocycles. The summed E-state index contributed by atoms with van der Waals surface area (Å²) in [7, 11) is -2.26. The van der Waals surface area contributed by atoms with Crippen LogP contribution in [0.4, 0.5) is 5.95 Å². The number of hydrogen-bond donors (Lipinski definition) is 1. The fourth-order valence-corrected chi connectivity index (χ4v) is 5.20. The Labute approximate surface area is 203 Å². The van der Waals surface area contributed by atoms with Crippen molar-refractivity contribution in [2.24, 2.45) is 0 Å². The van der Waals surface area contributed by atoms with Gasteiger partial charge in [-0.25, -0.2) is 18.4 Å². The zero-order chi connectivity index (χ0) is 24.3. The number of aromatic nitrogens is 5. The summed E-state index contributed by atoms with van der Waals surface area (Å²) in [5, 5.41) is 8.12. The summed E-state index contributed by atoms with van der Waals surface area (Å²) in [5.74, 6) is 1.31. The Morgan fingerprint density at radius 1 is 1.18 bits per heavy atom. The molecule has 12 heteroatoms. The fraction of sp³-hybridized carbons (Fsp3) is 0.455. The smallest absolute Gasteiger partial charge is 0.238 e. The Morgan fingerprint density at radius 2 is 1.88 bits per heavy atom. The number of ether oxygens (including phenoxy) is 2. The zero-order valence-electron chi connectivity index (χ0n) is 19.2. The van der Waals surface area contributed by atoms with Crippen molar-refractivity contribution in [3.8, 4) is 17.1 Å². The number of rotatable bonds is 8. The van der Waals surface area contributed by atoms with Gasteiger partial charge in [-0.05, 0) is 31.9 Å². The molecule has 1 N–H and O–H groups in total. The Hall–Kier alpha value is -2.76. The Kier molecular flexibility index (Phi) is 7.34. The van der Waals surface area contributed by atoms with Crippen LogP contribution in [0.2, 0.25) is 5.02 Å². The van der Waals surface area contributed by atoms with Gasteiger partial charge in [0.25, 0.3) is 0 Å². The van der Waals surface area contributed by atoms with Crippen molar-refractivity contribution in [2.75, 3.05) is 25.0 Å². The summed E-state index contributed by atoms with van der Waals surface area (Å²) >= 11 is 5.87. The highest BCUT2D eigenvalue weighted by Crippen LogP contribution is 2.33. The molecule has 4 rings (SSSR count). The third-order valence-corrected chi connectivity index (χ3v) is 8.10. The third kappa shape index (κ3) is 5.16. The van der Waals surface area contributed by atoms with E-state index in [4.69, 9.17) is 21.1 Å². The molecule has 0 aliphatic carbocycles. The second kappa shape index (κ2) is 10.2. The molecule has 182 valence electrons. The van der Waals surface area contributed by atoms with E-state index in [1.165, 1.54) is 12.4 Å². The molecule has 10 nitrogen and oxygen atoms in total. The Bertz CT molecular complexity index is 1230. The van der Waals surface area contributed by atoms with Crippen molar-refractivity contribution in [3.63, 3.8) is 0 Å². The maximum atomic E-state index is 13.3. The quantitative estimate of drug-likeness (QED) is 0.491. The van der Waals surface area contributed by atoms with Crippen LogP contribution in [0.5, 0.6) is 5.75 Å². The third-order valence-electron chi connectivity index (χ3n) is 6.05. The lowest BCUT2D eigenvalue weighted by Gasteiger charge is -2.27. The highest BCUT2D eigenvalue weighted by atomic mass is 35.5. The number of anilines is 1. The zero-order valence-corrected chi connectivity index (χ0v) is 20.8. The second-order valence-corrected chi connectivity index (χ2v) is 10.7. The maximum absolute atomic E-state index is 13.3. The van der Waals surface area contributed by atoms with E-state index in [1.54, 1.807) is 21.0 Å². The number of nitrogens with one attached hydrogen (secondary N) is 1. The summed E-state index contributed by atoms with van der Waals surface area (Å²) in [6.07, 6.45) is 4.34. The van der Waals surface area contributed by atoms with E-state index in [1.807, 2.05) is 28.8 Å². The van der Waals surface area contributed by atoms with E-state index < -0.39 is 21.2 Å². The van der Waals surface area contributed by atoms with Gasteiger partial charge in [0.1, 0.15) is 11.6 Å². The van der Waals surface area contributed by atoms with Crippen LogP contribution in [0, 0.1) is 0 Å². The summed E-state index contributed by atoms with van der Waals surface area (Å²) in [5.41, 5.74) is 0.778. The molecule has 0 spiro atoms. The number of methoxy groups -OCH3 is 1. The first-order valence-electron chi connectivity index (χ1n) is 11.0. The van der Waals surface area contributed by atoms with Crippen molar-refractivity contribution in [1.82, 2.24) is 24.7 Å². The highest BCUT2D eigenvalue weighted by molar-refractivity contribution is 7.93. The standard InChI is InChI=1S/C22H27ClN6O4S/c1-14(20-24-12-17(23)13-25-20)15(2)34(30,31)28-22-27-26-21(16-5-4-6-19(11-16)32-3)29(22)18-7-9-33-10-8-18/h4-6,11-15,18H,7-10H2,1-3H3,(H,27,28)/t14-,15-/m0/s1. The molecule has 2 aromatic heterocycles. The Balaban J connectivity index is 1.67. The van der Waals surface area contributed by atoms with Crippen LogP contribution in [0.25, 0.3) is 11.4 Å². The molecule has 0 amide bonds. The predicted octanol–water partition coefficient (Wildman–Crippen LogP) is 3.68. The van der Waals surface area contributed by atoms with Gasteiger partial charge in [-0.15, -0.1) is 10.2 Å². The molecule has 0 saturated carbocycles. The summed E-state index contributed by atoms with van der Waals surface area (Å²) in [4.78, 5) is 8.35. The number of hydrogen-bond acceptors (Lipinski definition) is 8. The van der Waals surface area contributed by atoms with Gasteiger partial charge >= 0.3 is 0 Å². The van der Waals surface area contributed by atoms with Gasteiger partial charge in [0.05, 0.1) is 17.4 Å². The van der Waals surface area contributed by atoms with Gasteiger partial charge < -0.3 is 9.47 Å². The molecular formula is C22H27ClN6O4S. The van der Waals surface area contributed by atoms with E-state index in [0.29, 0.717) is 48.5 Å². The van der Waals surface area contributed by atoms with E-state index in [-0.39, 0.29) is 12.0 Å². The SMILES string of the molecule is COc1cccc(-c2nnc(NS(=O)(=O)[C@@H](C)[C@H](C)c3ncc(Cl)cn3)n2C2CCOCC2)c1. The van der Waals surface area contributed by atoms with Crippen molar-refractivity contribution >= 4 is 27.6 Å². The molecule has 1 aromatic carbocycles. The molecule has 0 unspecified atom stereocenters. The van der Waals surface area contributed by atoms with Gasteiger partial charge in [0, 0.05) is 43.1 Å². The fourth-order valence-electron chi connectivity index (χ4n) is 3.87. The minimum atomic E-state index is -3.86. The summed E-state index contributed by atoms with van der Waals surface area (Å²) in [6, 6.07) is 7.42. The molecule has 1 fully saturated rings. The molecule has 1 saturated heterocycles. The molecule has 1 aliphatic rings. The molecule has 3 heterocycles. The van der Waals surface area contributed by atoms with Gasteiger partial charge in [0.15, 0.2) is 5.82 Å². The molecule has 0 bridgehead atoms. The second-order valence-electron chi connectivity index (χ2n) is 8.19. The minimum Gasteiger partial charge on any atom is -0.497 e. The first-order valence-corrected chi connectivity index (χ1v) is 12.9. The topological polar surface area (TPSA) is 121 Å². The highest BCUT2D eigenvalue weighted by Gasteiger charge is 2.32. The van der Waals surface area contributed by atoms with E-state index in [2.05, 4.69) is 24.9 Å². The molecule has 0 radical (unpaired) electrons. The van der Waals surface area contributed by atoms with Gasteiger partial charge in [-0.1, -0.05) is 30.7 Å². The lowest BCUT2D eigenvalue weighted by atomic mass is 10.1. The minimum absolute atomic E-state index is 0.0185. The van der Waals surface area contributed by atoms with Crippen LogP contribution < -0.4 is 9.46 Å². The summed E-state index contributed by atoms with van der Waals surface area (Å²) < 4.78 is 42.1. The van der Waals surface area contributed by atoms with Gasteiger partial charge in [-0.3, -0.25) is 9.29 Å². The number of nitrogens with zero attached hydrogens (tertiary/aromatic N) is 5. The normalized spacial score (nSPS) is 16.7. The first kappa shape index (κ1) is 24.4. The van der Waals surface area contributed by atoms with Crippen LogP contribution in [-0.2, 0) is 14.8 Å². The Morgan fingerprint density at radius 3 is 2.56 bits per heavy atom. The monoisotopic (exact) mass is 506 g/mol. The molecular weight excluding hydrogens is 480 g/mol. The molecule has 2 atom stereocenters. The lowest BCUT2D eigenvalue weighted by Crippen LogP contribution is -2.32. The first-order chi connectivity index (χ1) is 16.3. The molecule has 3 aromatic rings. The van der Waals surface area contributed by atoms with Gasteiger partial charge in [0.2, 0.25) is 16.0 Å². The average Bonchev–Trinajstić information content (AvgIpc) is 3.27. The number of sulfonamides is 1. The van der Waals surface area contributed by atoms with E-state index in [9.17, 15) is 8.42 Å². The van der Waals surface area contributed by atoms with Crippen molar-refractivity contribution in [3.05, 3.63) is 47.5 Å².